The fraction of sp³-hybridized carbons (Fsp3) is 0.600. The second-order valence-electron chi connectivity index (χ2n) is 18.8. The van der Waals surface area contributed by atoms with Crippen LogP contribution in [-0.4, -0.2) is 0 Å². The van der Waals surface area contributed by atoms with Crippen molar-refractivity contribution in [3.05, 3.63) is 79.7 Å². The molecule has 3 aromatic carbocycles. The lowest BCUT2D eigenvalue weighted by molar-refractivity contribution is 0.553. The molecule has 0 radical (unpaired) electrons. The smallest absolute Gasteiger partial charge is 0.0561 e. The van der Waals surface area contributed by atoms with Crippen molar-refractivity contribution >= 4 is 27.0 Å². The molecule has 2 unspecified atom stereocenters. The molecule has 0 nitrogen and oxygen atoms in total. The predicted molar refractivity (Wildman–Crippen MR) is 196 cm³/mol. The van der Waals surface area contributed by atoms with E-state index >= 15 is 0 Å². The molecule has 0 aliphatic rings. The molecule has 42 heavy (non-hydrogen) atoms. The van der Waals surface area contributed by atoms with Crippen LogP contribution in [0.5, 0.6) is 0 Å². The standard InChI is InChI=1S/C40H60P2/c1-35(2,3)25-21-27(37(7,8)9)33(28(22-25)38(10,11)12)41-31-19-20-32(31)42-34-29(39(13,14)15)23-26(36(4,5)6)24-30(34)40(16,17)18/h19-24H,1-18H3/p+2. The Bertz CT molecular complexity index is 1350. The molecule has 3 aromatic rings. The fourth-order valence-corrected chi connectivity index (χ4v) is 9.53. The summed E-state index contributed by atoms with van der Waals surface area (Å²) in [5.74, 6) is 0. The van der Waals surface area contributed by atoms with Crippen LogP contribution in [0, 0.1) is 9.88 Å². The second kappa shape index (κ2) is 11.1. The van der Waals surface area contributed by atoms with Gasteiger partial charge in [0.2, 0.25) is 0 Å². The van der Waals surface area contributed by atoms with E-state index in [0.29, 0.717) is 16.4 Å². The SMILES string of the molecule is CC(C)(C)c1cc(C(C)(C)C)c([PH+]=c2ccc2=[PH+]c2c(C(C)(C)C)cc(C(C)(C)C)cc2C(C)(C)C)c(C(C)(C)C)c1. The van der Waals surface area contributed by atoms with Crippen molar-refractivity contribution in [2.45, 2.75) is 157 Å². The van der Waals surface area contributed by atoms with Gasteiger partial charge in [-0.05, 0) is 55.7 Å². The van der Waals surface area contributed by atoms with E-state index < -0.39 is 0 Å². The summed E-state index contributed by atoms with van der Waals surface area (Å²) in [6.07, 6.45) is 0. The minimum Gasteiger partial charge on any atom is -0.0561 e. The first-order valence-corrected chi connectivity index (χ1v) is 18.0. The Balaban J connectivity index is 2.46. The lowest BCUT2D eigenvalue weighted by Crippen LogP contribution is -2.30. The topological polar surface area (TPSA) is 0 Å². The highest BCUT2D eigenvalue weighted by Crippen LogP contribution is 2.38. The van der Waals surface area contributed by atoms with E-state index in [1.54, 1.807) is 20.5 Å². The Morgan fingerprint density at radius 1 is 0.333 bits per heavy atom. The molecular weight excluding hydrogens is 542 g/mol. The number of benzene rings is 2. The average Bonchev–Trinajstić information content (AvgIpc) is 2.75. The Labute approximate surface area is 263 Å². The molecule has 0 saturated heterocycles. The summed E-state index contributed by atoms with van der Waals surface area (Å²) >= 11 is 0. The lowest BCUT2D eigenvalue weighted by atomic mass is 9.75. The van der Waals surface area contributed by atoms with Gasteiger partial charge in [0.1, 0.15) is 16.4 Å². The summed E-state index contributed by atoms with van der Waals surface area (Å²) in [5.41, 5.74) is 9.58. The van der Waals surface area contributed by atoms with Crippen LogP contribution in [0.3, 0.4) is 0 Å². The molecule has 0 aliphatic carbocycles. The minimum atomic E-state index is 0.0850. The van der Waals surface area contributed by atoms with E-state index in [1.807, 2.05) is 0 Å². The summed E-state index contributed by atoms with van der Waals surface area (Å²) in [6, 6.07) is 14.9. The first-order chi connectivity index (χ1) is 18.6. The third kappa shape index (κ3) is 7.77. The van der Waals surface area contributed by atoms with Gasteiger partial charge in [-0.25, -0.2) is 0 Å². The number of hydrogen-bond acceptors (Lipinski definition) is 0. The molecule has 0 aliphatic heterocycles. The molecule has 0 heterocycles. The van der Waals surface area contributed by atoms with Crippen LogP contribution >= 0.6 is 16.4 Å². The molecule has 2 atom stereocenters. The van der Waals surface area contributed by atoms with Crippen LogP contribution in [-0.2, 0) is 32.5 Å². The monoisotopic (exact) mass is 604 g/mol. The molecule has 0 spiro atoms. The number of rotatable bonds is 2. The molecule has 0 saturated carbocycles. The molecule has 0 bridgehead atoms. The van der Waals surface area contributed by atoms with Gasteiger partial charge in [0.05, 0.1) is 0 Å². The Kier molecular flexibility index (Phi) is 9.29. The maximum Gasteiger partial charge on any atom is 0.196 e. The van der Waals surface area contributed by atoms with Gasteiger partial charge in [0, 0.05) is 22.3 Å². The van der Waals surface area contributed by atoms with Crippen LogP contribution in [0.1, 0.15) is 158 Å². The molecule has 230 valence electrons. The number of hydrogen-bond donors (Lipinski definition) is 0. The Morgan fingerprint density at radius 2 is 0.548 bits per heavy atom. The highest BCUT2D eigenvalue weighted by atomic mass is 31.1. The van der Waals surface area contributed by atoms with E-state index in [-0.39, 0.29) is 32.5 Å². The van der Waals surface area contributed by atoms with E-state index in [4.69, 9.17) is 0 Å². The fourth-order valence-electron chi connectivity index (χ4n) is 5.52. The second-order valence-corrected chi connectivity index (χ2v) is 21.4. The van der Waals surface area contributed by atoms with Gasteiger partial charge in [0.25, 0.3) is 0 Å². The predicted octanol–water partition coefficient (Wildman–Crippen LogP) is 11.4. The van der Waals surface area contributed by atoms with Gasteiger partial charge in [-0.15, -0.1) is 0 Å². The van der Waals surface area contributed by atoms with E-state index in [1.165, 1.54) is 33.4 Å². The Hall–Kier alpha value is -1.48. The van der Waals surface area contributed by atoms with Crippen molar-refractivity contribution in [3.63, 3.8) is 0 Å². The van der Waals surface area contributed by atoms with Crippen molar-refractivity contribution in [3.8, 4) is 0 Å². The zero-order chi connectivity index (χ0) is 32.4. The molecule has 0 N–H and O–H groups in total. The summed E-state index contributed by atoms with van der Waals surface area (Å²) in [6.45, 7) is 42.8. The van der Waals surface area contributed by atoms with E-state index in [0.717, 1.165) is 0 Å². The quantitative estimate of drug-likeness (QED) is 0.255. The molecular formula is C40H62P2+2. The summed E-state index contributed by atoms with van der Waals surface area (Å²) in [4.78, 5) is 3.10. The van der Waals surface area contributed by atoms with Crippen molar-refractivity contribution in [1.29, 1.82) is 0 Å². The first-order valence-electron chi connectivity index (χ1n) is 16.0. The van der Waals surface area contributed by atoms with Gasteiger partial charge in [-0.2, -0.15) is 0 Å². The summed E-state index contributed by atoms with van der Waals surface area (Å²) in [5, 5.41) is 3.14. The maximum atomic E-state index is 2.53. The van der Waals surface area contributed by atoms with Crippen LogP contribution in [0.25, 0.3) is 0 Å². The summed E-state index contributed by atoms with van der Waals surface area (Å²) < 4.78 is 0. The zero-order valence-electron chi connectivity index (χ0n) is 30.5. The highest BCUT2D eigenvalue weighted by Gasteiger charge is 2.34. The van der Waals surface area contributed by atoms with Gasteiger partial charge < -0.3 is 0 Å². The third-order valence-corrected chi connectivity index (χ3v) is 11.7. The van der Waals surface area contributed by atoms with Crippen molar-refractivity contribution < 1.29 is 0 Å². The largest absolute Gasteiger partial charge is 0.196 e. The van der Waals surface area contributed by atoms with Crippen LogP contribution < -0.4 is 10.6 Å². The van der Waals surface area contributed by atoms with E-state index in [2.05, 4.69) is 161 Å². The average molecular weight is 605 g/mol. The van der Waals surface area contributed by atoms with Crippen molar-refractivity contribution in [2.75, 3.05) is 0 Å². The van der Waals surface area contributed by atoms with Crippen LogP contribution in [0.4, 0.5) is 0 Å². The van der Waals surface area contributed by atoms with Crippen LogP contribution in [0.2, 0.25) is 0 Å². The lowest BCUT2D eigenvalue weighted by Gasteiger charge is -2.30. The van der Waals surface area contributed by atoms with Gasteiger partial charge in [0.15, 0.2) is 20.5 Å². The molecule has 0 aromatic heterocycles. The van der Waals surface area contributed by atoms with E-state index in [9.17, 15) is 0 Å². The van der Waals surface area contributed by atoms with Crippen molar-refractivity contribution in [2.24, 2.45) is 0 Å². The normalized spacial score (nSPS) is 15.2. The minimum absolute atomic E-state index is 0.0850. The van der Waals surface area contributed by atoms with Crippen molar-refractivity contribution in [1.82, 2.24) is 0 Å². The maximum absolute atomic E-state index is 2.53. The van der Waals surface area contributed by atoms with Gasteiger partial charge in [-0.3, -0.25) is 0 Å². The molecule has 2 heteroatoms. The Morgan fingerprint density at radius 3 is 0.690 bits per heavy atom. The summed E-state index contributed by atoms with van der Waals surface area (Å²) in [7, 11) is 1.35. The van der Waals surface area contributed by atoms with Crippen LogP contribution in [0.15, 0.2) is 36.4 Å². The molecule has 0 amide bonds. The third-order valence-electron chi connectivity index (χ3n) is 8.47. The highest BCUT2D eigenvalue weighted by molar-refractivity contribution is 7.42. The zero-order valence-corrected chi connectivity index (χ0v) is 32.5. The molecule has 3 rings (SSSR count). The van der Waals surface area contributed by atoms with Gasteiger partial charge in [-0.1, -0.05) is 149 Å². The molecule has 0 fully saturated rings. The first kappa shape index (κ1) is 35.0. The van der Waals surface area contributed by atoms with Gasteiger partial charge >= 0.3 is 0 Å².